The van der Waals surface area contributed by atoms with Gasteiger partial charge in [0, 0.05) is 40.0 Å². The van der Waals surface area contributed by atoms with Crippen molar-refractivity contribution in [1.29, 1.82) is 0 Å². The van der Waals surface area contributed by atoms with E-state index in [1.807, 2.05) is 30.3 Å². The second-order valence-electron chi connectivity index (χ2n) is 8.64. The van der Waals surface area contributed by atoms with E-state index in [9.17, 15) is 13.6 Å². The van der Waals surface area contributed by atoms with E-state index in [0.717, 1.165) is 51.4 Å². The maximum absolute atomic E-state index is 14.1. The average Bonchev–Trinajstić information content (AvgIpc) is 3.27. The van der Waals surface area contributed by atoms with E-state index < -0.39 is 11.9 Å². The van der Waals surface area contributed by atoms with Crippen LogP contribution in [0, 0.1) is 0 Å². The highest BCUT2D eigenvalue weighted by molar-refractivity contribution is 7.99. The summed E-state index contributed by atoms with van der Waals surface area (Å²) in [4.78, 5) is 17.0. The van der Waals surface area contributed by atoms with E-state index in [-0.39, 0.29) is 31.4 Å². The summed E-state index contributed by atoms with van der Waals surface area (Å²) in [7, 11) is 0. The van der Waals surface area contributed by atoms with Crippen LogP contribution in [0.4, 0.5) is 8.78 Å². The van der Waals surface area contributed by atoms with Crippen LogP contribution in [0.2, 0.25) is 0 Å². The number of halogens is 2. The number of rotatable bonds is 13. The number of benzene rings is 1. The number of nitrogens with zero attached hydrogens (tertiary/aromatic N) is 1. The number of aryl methyl sites for hydroxylation is 2. The molecule has 0 amide bonds. The summed E-state index contributed by atoms with van der Waals surface area (Å²) in [5.41, 5.74) is 4.14. The lowest BCUT2D eigenvalue weighted by Crippen LogP contribution is -2.17. The van der Waals surface area contributed by atoms with Gasteiger partial charge in [-0.3, -0.25) is 4.98 Å². The van der Waals surface area contributed by atoms with E-state index in [1.165, 1.54) is 6.92 Å². The first-order valence-corrected chi connectivity index (χ1v) is 13.1. The maximum Gasteiger partial charge on any atom is 0.333 e. The van der Waals surface area contributed by atoms with Crippen LogP contribution >= 0.6 is 11.8 Å². The molecule has 4 nitrogen and oxygen atoms in total. The number of fused-ring (bicyclic) bond motifs is 1. The number of furan rings is 1. The molecular formula is C28H33F2NO3S. The normalized spacial score (nSPS) is 11.7. The third-order valence-electron chi connectivity index (χ3n) is 5.71. The van der Waals surface area contributed by atoms with Gasteiger partial charge in [-0.25, -0.2) is 13.6 Å². The molecule has 2 heterocycles. The standard InChI is InChI=1S/C28H33F2NO3S/c1-5-21-10-12-23(24(6-2)31-21)26-17-20-9-11-22(18-25(20)34-26)35-16-8-14-28(29,30)13-7-15-33-27(32)19(3)4/h9-12,17-18H,3,5-8,13-16H2,1-2,4H3. The van der Waals surface area contributed by atoms with Crippen LogP contribution in [0.25, 0.3) is 22.3 Å². The predicted octanol–water partition coefficient (Wildman–Crippen LogP) is 8.03. The number of alkyl halides is 2. The summed E-state index contributed by atoms with van der Waals surface area (Å²) >= 11 is 1.54. The van der Waals surface area contributed by atoms with Crippen molar-refractivity contribution < 1.29 is 22.7 Å². The van der Waals surface area contributed by atoms with Crippen molar-refractivity contribution in [2.24, 2.45) is 0 Å². The van der Waals surface area contributed by atoms with Crippen molar-refractivity contribution in [2.45, 2.75) is 70.1 Å². The van der Waals surface area contributed by atoms with Crippen molar-refractivity contribution in [3.05, 3.63) is 59.9 Å². The molecular weight excluding hydrogens is 468 g/mol. The van der Waals surface area contributed by atoms with Gasteiger partial charge in [-0.05, 0) is 74.8 Å². The second-order valence-corrected chi connectivity index (χ2v) is 9.81. The lowest BCUT2D eigenvalue weighted by atomic mass is 10.1. The number of ether oxygens (including phenoxy) is 1. The topological polar surface area (TPSA) is 52.3 Å². The number of esters is 1. The Morgan fingerprint density at radius 2 is 1.89 bits per heavy atom. The van der Waals surface area contributed by atoms with Gasteiger partial charge in [0.2, 0.25) is 5.92 Å². The van der Waals surface area contributed by atoms with E-state index >= 15 is 0 Å². The molecule has 7 heteroatoms. The molecule has 0 fully saturated rings. The summed E-state index contributed by atoms with van der Waals surface area (Å²) in [6.45, 7) is 9.16. The van der Waals surface area contributed by atoms with Gasteiger partial charge < -0.3 is 9.15 Å². The Morgan fingerprint density at radius 1 is 1.11 bits per heavy atom. The largest absolute Gasteiger partial charge is 0.462 e. The van der Waals surface area contributed by atoms with Gasteiger partial charge in [0.05, 0.1) is 12.3 Å². The van der Waals surface area contributed by atoms with E-state index in [1.54, 1.807) is 11.8 Å². The molecule has 0 spiro atoms. The average molecular weight is 502 g/mol. The molecule has 0 unspecified atom stereocenters. The molecule has 1 aromatic carbocycles. The van der Waals surface area contributed by atoms with Crippen molar-refractivity contribution in [3.8, 4) is 11.3 Å². The van der Waals surface area contributed by atoms with Crippen LogP contribution in [-0.4, -0.2) is 29.2 Å². The molecule has 0 bridgehead atoms. The fraction of sp³-hybridized carbons (Fsp3) is 0.429. The smallest absolute Gasteiger partial charge is 0.333 e. The SMILES string of the molecule is C=C(C)C(=O)OCCCC(F)(F)CCCSc1ccc2cc(-c3ccc(CC)nc3CC)oc2c1. The molecule has 0 saturated heterocycles. The molecule has 0 aliphatic rings. The Kier molecular flexibility index (Phi) is 9.49. The van der Waals surface area contributed by atoms with Crippen molar-refractivity contribution >= 4 is 28.7 Å². The molecule has 2 aromatic heterocycles. The summed E-state index contributed by atoms with van der Waals surface area (Å²) in [6.07, 6.45) is 1.75. The predicted molar refractivity (Wildman–Crippen MR) is 138 cm³/mol. The van der Waals surface area contributed by atoms with Gasteiger partial charge in [0.25, 0.3) is 0 Å². The number of hydrogen-bond acceptors (Lipinski definition) is 5. The Balaban J connectivity index is 1.52. The molecule has 188 valence electrons. The van der Waals surface area contributed by atoms with Crippen LogP contribution in [0.1, 0.15) is 57.8 Å². The number of thioether (sulfide) groups is 1. The third kappa shape index (κ3) is 7.66. The zero-order valence-electron chi connectivity index (χ0n) is 20.7. The molecule has 0 aliphatic heterocycles. The maximum atomic E-state index is 14.1. The highest BCUT2D eigenvalue weighted by Gasteiger charge is 2.27. The molecule has 0 atom stereocenters. The summed E-state index contributed by atoms with van der Waals surface area (Å²) in [5.74, 6) is -1.93. The fourth-order valence-electron chi connectivity index (χ4n) is 3.74. The minimum atomic E-state index is -2.77. The molecule has 0 N–H and O–H groups in total. The molecule has 0 radical (unpaired) electrons. The van der Waals surface area contributed by atoms with Crippen LogP contribution in [0.15, 0.2) is 57.9 Å². The molecule has 35 heavy (non-hydrogen) atoms. The molecule has 0 saturated carbocycles. The Labute approximate surface area is 210 Å². The number of hydrogen-bond donors (Lipinski definition) is 0. The van der Waals surface area contributed by atoms with Crippen LogP contribution in [0.3, 0.4) is 0 Å². The van der Waals surface area contributed by atoms with Gasteiger partial charge in [-0.15, -0.1) is 11.8 Å². The third-order valence-corrected chi connectivity index (χ3v) is 6.79. The number of carbonyl (C=O) groups excluding carboxylic acids is 1. The zero-order chi connectivity index (χ0) is 25.4. The van der Waals surface area contributed by atoms with Crippen LogP contribution < -0.4 is 0 Å². The second kappa shape index (κ2) is 12.3. The molecule has 3 aromatic rings. The monoisotopic (exact) mass is 501 g/mol. The highest BCUT2D eigenvalue weighted by Crippen LogP contribution is 2.33. The van der Waals surface area contributed by atoms with Gasteiger partial charge >= 0.3 is 5.97 Å². The van der Waals surface area contributed by atoms with E-state index in [2.05, 4.69) is 26.5 Å². The zero-order valence-corrected chi connectivity index (χ0v) is 21.5. The number of aromatic nitrogens is 1. The van der Waals surface area contributed by atoms with E-state index in [4.69, 9.17) is 14.1 Å². The number of pyridine rings is 1. The Hall–Kier alpha value is -2.67. The lowest BCUT2D eigenvalue weighted by molar-refractivity contribution is -0.139. The molecule has 3 rings (SSSR count). The van der Waals surface area contributed by atoms with Crippen LogP contribution in [-0.2, 0) is 22.4 Å². The first-order chi connectivity index (χ1) is 16.7. The quantitative estimate of drug-likeness (QED) is 0.103. The van der Waals surface area contributed by atoms with Gasteiger partial charge in [0.15, 0.2) is 0 Å². The lowest BCUT2D eigenvalue weighted by Gasteiger charge is -2.16. The van der Waals surface area contributed by atoms with Gasteiger partial charge in [-0.2, -0.15) is 0 Å². The van der Waals surface area contributed by atoms with Crippen molar-refractivity contribution in [2.75, 3.05) is 12.4 Å². The summed E-state index contributed by atoms with van der Waals surface area (Å²) in [5, 5.41) is 1.00. The van der Waals surface area contributed by atoms with Crippen LogP contribution in [0.5, 0.6) is 0 Å². The highest BCUT2D eigenvalue weighted by atomic mass is 32.2. The minimum Gasteiger partial charge on any atom is -0.462 e. The van der Waals surface area contributed by atoms with Gasteiger partial charge in [-0.1, -0.05) is 20.4 Å². The van der Waals surface area contributed by atoms with E-state index in [0.29, 0.717) is 12.2 Å². The van der Waals surface area contributed by atoms with Crippen molar-refractivity contribution in [1.82, 2.24) is 4.98 Å². The molecule has 0 aliphatic carbocycles. The van der Waals surface area contributed by atoms with Crippen molar-refractivity contribution in [3.63, 3.8) is 0 Å². The first kappa shape index (κ1) is 26.9. The fourth-order valence-corrected chi connectivity index (χ4v) is 4.62. The number of carbonyl (C=O) groups is 1. The first-order valence-electron chi connectivity index (χ1n) is 12.1. The Morgan fingerprint density at radius 3 is 2.60 bits per heavy atom. The Bertz CT molecular complexity index is 1170. The summed E-state index contributed by atoms with van der Waals surface area (Å²) in [6, 6.07) is 12.1. The minimum absolute atomic E-state index is 0.0141. The summed E-state index contributed by atoms with van der Waals surface area (Å²) < 4.78 is 39.3. The van der Waals surface area contributed by atoms with Gasteiger partial charge in [0.1, 0.15) is 11.3 Å².